The van der Waals surface area contributed by atoms with E-state index in [0.717, 1.165) is 22.1 Å². The lowest BCUT2D eigenvalue weighted by molar-refractivity contribution is 0.568. The van der Waals surface area contributed by atoms with Crippen molar-refractivity contribution >= 4 is 26.9 Å². The van der Waals surface area contributed by atoms with Gasteiger partial charge in [-0.3, -0.25) is 4.68 Å². The van der Waals surface area contributed by atoms with Crippen LogP contribution in [0.2, 0.25) is 0 Å². The number of aryl methyl sites for hydroxylation is 3. The standard InChI is InChI=1S/C12H16N4O2S2/c1-8-7-19-10(13-8)6-16-4-5-20(17,18)12-11(16)9(2)14-15(12)3/h7H,4-6H2,1-3H3. The molecule has 0 radical (unpaired) electrons. The number of aromatic nitrogens is 3. The first kappa shape index (κ1) is 13.6. The molecule has 108 valence electrons. The van der Waals surface area contributed by atoms with Crippen molar-refractivity contribution in [1.82, 2.24) is 14.8 Å². The normalized spacial score (nSPS) is 17.2. The van der Waals surface area contributed by atoms with E-state index in [1.807, 2.05) is 19.2 Å². The molecular formula is C12H16N4O2S2. The van der Waals surface area contributed by atoms with Gasteiger partial charge in [-0.1, -0.05) is 0 Å². The molecule has 0 unspecified atom stereocenters. The predicted octanol–water partition coefficient (Wildman–Crippen LogP) is 1.29. The van der Waals surface area contributed by atoms with Crippen LogP contribution in [0.1, 0.15) is 16.4 Å². The fourth-order valence-electron chi connectivity index (χ4n) is 2.57. The molecule has 0 N–H and O–H groups in total. The Morgan fingerprint density at radius 1 is 1.40 bits per heavy atom. The molecule has 0 atom stereocenters. The summed E-state index contributed by atoms with van der Waals surface area (Å²) in [5.41, 5.74) is 2.48. The highest BCUT2D eigenvalue weighted by atomic mass is 32.2. The van der Waals surface area contributed by atoms with E-state index in [2.05, 4.69) is 15.0 Å². The van der Waals surface area contributed by atoms with Gasteiger partial charge in [0.05, 0.1) is 23.7 Å². The van der Waals surface area contributed by atoms with Crippen LogP contribution in [0.5, 0.6) is 0 Å². The van der Waals surface area contributed by atoms with Gasteiger partial charge < -0.3 is 4.90 Å². The van der Waals surface area contributed by atoms with E-state index >= 15 is 0 Å². The number of nitrogens with zero attached hydrogens (tertiary/aromatic N) is 4. The first-order valence-electron chi connectivity index (χ1n) is 6.31. The summed E-state index contributed by atoms with van der Waals surface area (Å²) in [5, 5.41) is 7.60. The van der Waals surface area contributed by atoms with Crippen molar-refractivity contribution in [3.8, 4) is 0 Å². The first-order valence-corrected chi connectivity index (χ1v) is 8.84. The van der Waals surface area contributed by atoms with Crippen molar-refractivity contribution in [2.75, 3.05) is 17.2 Å². The quantitative estimate of drug-likeness (QED) is 0.836. The maximum absolute atomic E-state index is 12.2. The average molecular weight is 312 g/mol. The highest BCUT2D eigenvalue weighted by Crippen LogP contribution is 2.34. The van der Waals surface area contributed by atoms with E-state index in [0.29, 0.717) is 18.1 Å². The Balaban J connectivity index is 2.04. The molecule has 1 aliphatic rings. The number of hydrogen-bond donors (Lipinski definition) is 0. The Morgan fingerprint density at radius 3 is 2.80 bits per heavy atom. The van der Waals surface area contributed by atoms with Gasteiger partial charge in [-0.15, -0.1) is 11.3 Å². The van der Waals surface area contributed by atoms with Crippen LogP contribution in [0.25, 0.3) is 0 Å². The molecule has 3 heterocycles. The van der Waals surface area contributed by atoms with Gasteiger partial charge in [0, 0.05) is 24.7 Å². The zero-order chi connectivity index (χ0) is 14.5. The first-order chi connectivity index (χ1) is 9.38. The second-order valence-electron chi connectivity index (χ2n) is 4.99. The molecule has 8 heteroatoms. The van der Waals surface area contributed by atoms with Gasteiger partial charge in [0.15, 0.2) is 14.9 Å². The van der Waals surface area contributed by atoms with Gasteiger partial charge in [0.1, 0.15) is 5.01 Å². The minimum Gasteiger partial charge on any atom is -0.360 e. The summed E-state index contributed by atoms with van der Waals surface area (Å²) in [6.45, 7) is 4.93. The Bertz CT molecular complexity index is 761. The highest BCUT2D eigenvalue weighted by Gasteiger charge is 2.34. The summed E-state index contributed by atoms with van der Waals surface area (Å²) in [7, 11) is -1.55. The molecule has 0 bridgehead atoms. The SMILES string of the molecule is Cc1csc(CN2CCS(=O)(=O)c3c2c(C)nn3C)n1. The molecule has 6 nitrogen and oxygen atoms in total. The third kappa shape index (κ3) is 2.12. The van der Waals surface area contributed by atoms with Crippen LogP contribution in [-0.4, -0.2) is 35.5 Å². The van der Waals surface area contributed by atoms with Crippen molar-refractivity contribution in [3.63, 3.8) is 0 Å². The minimum atomic E-state index is -3.23. The van der Waals surface area contributed by atoms with Gasteiger partial charge in [0.25, 0.3) is 0 Å². The highest BCUT2D eigenvalue weighted by molar-refractivity contribution is 7.91. The van der Waals surface area contributed by atoms with Gasteiger partial charge in [0.2, 0.25) is 0 Å². The summed E-state index contributed by atoms with van der Waals surface area (Å²) in [5.74, 6) is 0.128. The largest absolute Gasteiger partial charge is 0.360 e. The maximum atomic E-state index is 12.2. The third-order valence-corrected chi connectivity index (χ3v) is 6.09. The molecule has 2 aromatic heterocycles. The van der Waals surface area contributed by atoms with E-state index < -0.39 is 9.84 Å². The zero-order valence-corrected chi connectivity index (χ0v) is 13.3. The van der Waals surface area contributed by atoms with E-state index in [-0.39, 0.29) is 5.75 Å². The van der Waals surface area contributed by atoms with E-state index in [9.17, 15) is 8.42 Å². The summed E-state index contributed by atoms with van der Waals surface area (Å²) < 4.78 is 25.9. The van der Waals surface area contributed by atoms with Gasteiger partial charge in [-0.25, -0.2) is 13.4 Å². The molecule has 0 aliphatic carbocycles. The van der Waals surface area contributed by atoms with Crippen LogP contribution in [0.15, 0.2) is 10.4 Å². The van der Waals surface area contributed by atoms with Crippen molar-refractivity contribution in [2.24, 2.45) is 7.05 Å². The number of rotatable bonds is 2. The van der Waals surface area contributed by atoms with Crippen LogP contribution in [0.4, 0.5) is 5.69 Å². The number of thiazole rings is 1. The van der Waals surface area contributed by atoms with Gasteiger partial charge >= 0.3 is 0 Å². The van der Waals surface area contributed by atoms with Gasteiger partial charge in [-0.2, -0.15) is 5.10 Å². The molecule has 0 aromatic carbocycles. The van der Waals surface area contributed by atoms with E-state index in [4.69, 9.17) is 0 Å². The summed E-state index contributed by atoms with van der Waals surface area (Å²) in [6.07, 6.45) is 0. The maximum Gasteiger partial charge on any atom is 0.199 e. The second kappa shape index (κ2) is 4.56. The topological polar surface area (TPSA) is 68.1 Å². The molecule has 20 heavy (non-hydrogen) atoms. The van der Waals surface area contributed by atoms with Crippen molar-refractivity contribution in [3.05, 3.63) is 21.8 Å². The average Bonchev–Trinajstić information content (AvgIpc) is 2.88. The van der Waals surface area contributed by atoms with Crippen molar-refractivity contribution in [1.29, 1.82) is 0 Å². The predicted molar refractivity (Wildman–Crippen MR) is 77.9 cm³/mol. The number of anilines is 1. The molecule has 1 aliphatic heterocycles. The van der Waals surface area contributed by atoms with Crippen LogP contribution in [0.3, 0.4) is 0 Å². The van der Waals surface area contributed by atoms with E-state index in [1.54, 1.807) is 18.4 Å². The molecule has 0 saturated heterocycles. The Kier molecular flexibility index (Phi) is 3.09. The van der Waals surface area contributed by atoms with Crippen molar-refractivity contribution < 1.29 is 8.42 Å². The smallest absolute Gasteiger partial charge is 0.199 e. The summed E-state index contributed by atoms with van der Waals surface area (Å²) in [6, 6.07) is 0. The van der Waals surface area contributed by atoms with Crippen molar-refractivity contribution in [2.45, 2.75) is 25.4 Å². The lowest BCUT2D eigenvalue weighted by Gasteiger charge is -2.28. The molecular weight excluding hydrogens is 296 g/mol. The molecule has 0 amide bonds. The number of hydrogen-bond acceptors (Lipinski definition) is 6. The minimum absolute atomic E-state index is 0.128. The van der Waals surface area contributed by atoms with Crippen LogP contribution in [0, 0.1) is 13.8 Å². The van der Waals surface area contributed by atoms with E-state index in [1.165, 1.54) is 4.68 Å². The second-order valence-corrected chi connectivity index (χ2v) is 7.95. The number of sulfone groups is 1. The Labute approximate surface area is 122 Å². The Hall–Kier alpha value is -1.41. The summed E-state index contributed by atoms with van der Waals surface area (Å²) in [4.78, 5) is 6.52. The lowest BCUT2D eigenvalue weighted by atomic mass is 10.3. The monoisotopic (exact) mass is 312 g/mol. The number of fused-ring (bicyclic) bond motifs is 1. The fourth-order valence-corrected chi connectivity index (χ4v) is 5.03. The molecule has 2 aromatic rings. The summed E-state index contributed by atoms with van der Waals surface area (Å²) >= 11 is 1.60. The lowest BCUT2D eigenvalue weighted by Crippen LogP contribution is -2.35. The molecule has 0 fully saturated rings. The molecule has 0 spiro atoms. The Morgan fingerprint density at radius 2 is 2.15 bits per heavy atom. The molecule has 3 rings (SSSR count). The van der Waals surface area contributed by atoms with Crippen LogP contribution < -0.4 is 4.90 Å². The third-order valence-electron chi connectivity index (χ3n) is 3.37. The van der Waals surface area contributed by atoms with Crippen LogP contribution in [-0.2, 0) is 23.4 Å². The van der Waals surface area contributed by atoms with Gasteiger partial charge in [-0.05, 0) is 13.8 Å². The molecule has 0 saturated carbocycles. The fraction of sp³-hybridized carbons (Fsp3) is 0.500. The van der Waals surface area contributed by atoms with Crippen LogP contribution >= 0.6 is 11.3 Å². The zero-order valence-electron chi connectivity index (χ0n) is 11.6.